The number of aliphatic imine (C=N–C) groups is 1. The van der Waals surface area contributed by atoms with E-state index in [9.17, 15) is 8.42 Å². The van der Waals surface area contributed by atoms with Gasteiger partial charge in [0.25, 0.3) is 0 Å². The van der Waals surface area contributed by atoms with Crippen molar-refractivity contribution in [2.45, 2.75) is 11.3 Å². The van der Waals surface area contributed by atoms with Crippen LogP contribution in [0, 0.1) is 0 Å². The number of hydrogen-bond acceptors (Lipinski definition) is 4. The van der Waals surface area contributed by atoms with Crippen LogP contribution in [0.4, 0.5) is 0 Å². The molecule has 0 aromatic heterocycles. The molecule has 0 saturated carbocycles. The number of guanidine groups is 1. The zero-order chi connectivity index (χ0) is 15.0. The van der Waals surface area contributed by atoms with Gasteiger partial charge >= 0.3 is 0 Å². The molecule has 21 heavy (non-hydrogen) atoms. The highest BCUT2D eigenvalue weighted by Gasteiger charge is 2.05. The molecule has 0 amide bonds. The molecule has 0 aliphatic heterocycles. The quantitative estimate of drug-likeness (QED) is 0.291. The second-order valence-electron chi connectivity index (χ2n) is 4.35. The number of nitrogens with two attached hydrogens (primary N) is 1. The number of benzene rings is 1. The molecule has 0 heterocycles. The Morgan fingerprint density at radius 2 is 1.95 bits per heavy atom. The van der Waals surface area contributed by atoms with Crippen LogP contribution in [0.25, 0.3) is 0 Å². The summed E-state index contributed by atoms with van der Waals surface area (Å²) >= 11 is 0. The molecular weight excluding hydrogens is 405 g/mol. The fourth-order valence-corrected chi connectivity index (χ4v) is 2.18. The maximum absolute atomic E-state index is 11.3. The van der Waals surface area contributed by atoms with E-state index in [4.69, 9.17) is 10.5 Å². The highest BCUT2D eigenvalue weighted by molar-refractivity contribution is 14.0. The van der Waals surface area contributed by atoms with Crippen LogP contribution in [-0.2, 0) is 21.0 Å². The summed E-state index contributed by atoms with van der Waals surface area (Å²) < 4.78 is 27.5. The molecule has 1 rings (SSSR count). The lowest BCUT2D eigenvalue weighted by atomic mass is 10.1. The minimum absolute atomic E-state index is 0. The summed E-state index contributed by atoms with van der Waals surface area (Å²) in [6.07, 6.45) is 1.94. The lowest BCUT2D eigenvalue weighted by molar-refractivity contribution is 0.208. The third-order valence-corrected chi connectivity index (χ3v) is 3.78. The van der Waals surface area contributed by atoms with E-state index in [0.717, 1.165) is 12.0 Å². The van der Waals surface area contributed by atoms with Crippen molar-refractivity contribution < 1.29 is 13.2 Å². The van der Waals surface area contributed by atoms with E-state index in [0.29, 0.717) is 30.6 Å². The Balaban J connectivity index is 0.00000400. The number of rotatable bonds is 7. The standard InChI is InChI=1S/C13H21N3O3S.HI/c1-19-10-9-16-13(14)15-8-7-11-3-5-12(6-4-11)20(2,17)18;/h3-6H,7-10H2,1-2H3,(H3,14,15,16);1H. The van der Waals surface area contributed by atoms with Gasteiger partial charge in [0.05, 0.1) is 18.0 Å². The minimum Gasteiger partial charge on any atom is -0.383 e. The van der Waals surface area contributed by atoms with Crippen LogP contribution >= 0.6 is 24.0 Å². The predicted molar refractivity (Wildman–Crippen MR) is 95.0 cm³/mol. The third-order valence-electron chi connectivity index (χ3n) is 2.65. The van der Waals surface area contributed by atoms with E-state index in [1.807, 2.05) is 0 Å². The number of hydrogen-bond donors (Lipinski definition) is 2. The molecule has 1 aromatic rings. The van der Waals surface area contributed by atoms with Gasteiger partial charge in [0.1, 0.15) is 0 Å². The molecule has 0 aliphatic rings. The number of ether oxygens (including phenoxy) is 1. The number of nitrogens with zero attached hydrogens (tertiary/aromatic N) is 1. The van der Waals surface area contributed by atoms with Gasteiger partial charge < -0.3 is 15.8 Å². The lowest BCUT2D eigenvalue weighted by Gasteiger charge is -2.06. The first kappa shape index (κ1) is 20.1. The normalized spacial score (nSPS) is 11.8. The molecule has 0 bridgehead atoms. The first-order valence-electron chi connectivity index (χ1n) is 6.25. The molecule has 0 saturated heterocycles. The van der Waals surface area contributed by atoms with Crippen LogP contribution in [0.5, 0.6) is 0 Å². The van der Waals surface area contributed by atoms with Gasteiger partial charge in [-0.1, -0.05) is 12.1 Å². The fraction of sp³-hybridized carbons (Fsp3) is 0.462. The van der Waals surface area contributed by atoms with E-state index >= 15 is 0 Å². The highest BCUT2D eigenvalue weighted by Crippen LogP contribution is 2.10. The van der Waals surface area contributed by atoms with Crippen molar-refractivity contribution in [2.24, 2.45) is 10.7 Å². The topological polar surface area (TPSA) is 93.8 Å². The van der Waals surface area contributed by atoms with Crippen molar-refractivity contribution in [1.29, 1.82) is 0 Å². The van der Waals surface area contributed by atoms with Crippen molar-refractivity contribution in [3.63, 3.8) is 0 Å². The number of methoxy groups -OCH3 is 1. The molecule has 8 heteroatoms. The van der Waals surface area contributed by atoms with E-state index < -0.39 is 9.84 Å². The molecule has 6 nitrogen and oxygen atoms in total. The number of halogens is 1. The van der Waals surface area contributed by atoms with Crippen molar-refractivity contribution in [3.05, 3.63) is 29.8 Å². The average Bonchev–Trinajstić information content (AvgIpc) is 2.38. The predicted octanol–water partition coefficient (Wildman–Crippen LogP) is 0.801. The van der Waals surface area contributed by atoms with Gasteiger partial charge in [0, 0.05) is 19.9 Å². The van der Waals surface area contributed by atoms with Gasteiger partial charge in [0.15, 0.2) is 15.8 Å². The summed E-state index contributed by atoms with van der Waals surface area (Å²) in [5.41, 5.74) is 6.70. The Morgan fingerprint density at radius 1 is 1.33 bits per heavy atom. The molecule has 0 atom stereocenters. The van der Waals surface area contributed by atoms with Gasteiger partial charge in [-0.3, -0.25) is 4.99 Å². The van der Waals surface area contributed by atoms with Gasteiger partial charge in [-0.15, -0.1) is 24.0 Å². The minimum atomic E-state index is -3.13. The molecular formula is C13H22IN3O3S. The van der Waals surface area contributed by atoms with Crippen LogP contribution in [0.2, 0.25) is 0 Å². The molecule has 3 N–H and O–H groups in total. The maximum Gasteiger partial charge on any atom is 0.188 e. The first-order valence-corrected chi connectivity index (χ1v) is 8.14. The SMILES string of the molecule is COCCN=C(N)NCCc1ccc(S(C)(=O)=O)cc1.I. The number of nitrogens with one attached hydrogen (secondary N) is 1. The number of sulfone groups is 1. The van der Waals surface area contributed by atoms with E-state index in [1.165, 1.54) is 6.26 Å². The zero-order valence-corrected chi connectivity index (χ0v) is 15.4. The molecule has 120 valence electrons. The third kappa shape index (κ3) is 8.22. The summed E-state index contributed by atoms with van der Waals surface area (Å²) in [5.74, 6) is 0.384. The van der Waals surface area contributed by atoms with Crippen LogP contribution in [-0.4, -0.2) is 47.4 Å². The Labute approximate surface area is 143 Å². The van der Waals surface area contributed by atoms with Crippen molar-refractivity contribution in [3.8, 4) is 0 Å². The van der Waals surface area contributed by atoms with E-state index in [-0.39, 0.29) is 24.0 Å². The van der Waals surface area contributed by atoms with Gasteiger partial charge in [-0.2, -0.15) is 0 Å². The maximum atomic E-state index is 11.3. The average molecular weight is 427 g/mol. The van der Waals surface area contributed by atoms with Gasteiger partial charge in [0.2, 0.25) is 0 Å². The van der Waals surface area contributed by atoms with E-state index in [2.05, 4.69) is 10.3 Å². The van der Waals surface area contributed by atoms with Crippen LogP contribution in [0.1, 0.15) is 5.56 Å². The van der Waals surface area contributed by atoms with Crippen LogP contribution in [0.3, 0.4) is 0 Å². The van der Waals surface area contributed by atoms with Gasteiger partial charge in [-0.25, -0.2) is 8.42 Å². The van der Waals surface area contributed by atoms with E-state index in [1.54, 1.807) is 31.4 Å². The lowest BCUT2D eigenvalue weighted by Crippen LogP contribution is -2.33. The Morgan fingerprint density at radius 3 is 2.48 bits per heavy atom. The summed E-state index contributed by atoms with van der Waals surface area (Å²) in [5, 5.41) is 2.99. The van der Waals surface area contributed by atoms with Gasteiger partial charge in [-0.05, 0) is 24.1 Å². The summed E-state index contributed by atoms with van der Waals surface area (Å²) in [6.45, 7) is 1.70. The summed E-state index contributed by atoms with van der Waals surface area (Å²) in [7, 11) is -1.52. The second kappa shape index (κ2) is 9.96. The van der Waals surface area contributed by atoms with Crippen molar-refractivity contribution in [2.75, 3.05) is 33.1 Å². The largest absolute Gasteiger partial charge is 0.383 e. The molecule has 0 aliphatic carbocycles. The first-order chi connectivity index (χ1) is 9.43. The molecule has 0 radical (unpaired) electrons. The Bertz CT molecular complexity index is 544. The Kier molecular flexibility index (Phi) is 9.54. The van der Waals surface area contributed by atoms with Crippen LogP contribution < -0.4 is 11.1 Å². The highest BCUT2D eigenvalue weighted by atomic mass is 127. The molecule has 0 fully saturated rings. The summed E-state index contributed by atoms with van der Waals surface area (Å²) in [6, 6.07) is 6.83. The molecule has 0 spiro atoms. The van der Waals surface area contributed by atoms with Crippen LogP contribution in [0.15, 0.2) is 34.2 Å². The summed E-state index contributed by atoms with van der Waals surface area (Å²) in [4.78, 5) is 4.40. The van der Waals surface area contributed by atoms with Crippen molar-refractivity contribution in [1.82, 2.24) is 5.32 Å². The molecule has 1 aromatic carbocycles. The fourth-order valence-electron chi connectivity index (χ4n) is 1.55. The molecule has 0 unspecified atom stereocenters. The Hall–Kier alpha value is -0.870. The monoisotopic (exact) mass is 427 g/mol. The second-order valence-corrected chi connectivity index (χ2v) is 6.37. The zero-order valence-electron chi connectivity index (χ0n) is 12.2. The van der Waals surface area contributed by atoms with Crippen molar-refractivity contribution >= 4 is 39.8 Å². The smallest absolute Gasteiger partial charge is 0.188 e.